The fourth-order valence-corrected chi connectivity index (χ4v) is 6.68. The third kappa shape index (κ3) is 1.95. The summed E-state index contributed by atoms with van der Waals surface area (Å²) in [7, 11) is 0. The van der Waals surface area contributed by atoms with E-state index < -0.39 is 11.6 Å². The van der Waals surface area contributed by atoms with Crippen LogP contribution in [0, 0.1) is 17.3 Å². The van der Waals surface area contributed by atoms with E-state index in [1.807, 2.05) is 11.8 Å². The molecular formula is C18H26N2O3. The van der Waals surface area contributed by atoms with E-state index in [0.29, 0.717) is 18.3 Å². The van der Waals surface area contributed by atoms with Gasteiger partial charge in [0.25, 0.3) is 0 Å². The zero-order chi connectivity index (χ0) is 16.0. The van der Waals surface area contributed by atoms with Crippen molar-refractivity contribution in [2.24, 2.45) is 17.3 Å². The van der Waals surface area contributed by atoms with Crippen LogP contribution in [0.5, 0.6) is 0 Å². The van der Waals surface area contributed by atoms with Crippen LogP contribution in [0.4, 0.5) is 0 Å². The molecule has 126 valence electrons. The van der Waals surface area contributed by atoms with Gasteiger partial charge in [0.1, 0.15) is 12.1 Å². The molecule has 6 fully saturated rings. The Morgan fingerprint density at radius 1 is 1.13 bits per heavy atom. The van der Waals surface area contributed by atoms with Gasteiger partial charge in [0.15, 0.2) is 0 Å². The first kappa shape index (κ1) is 14.3. The van der Waals surface area contributed by atoms with Crippen LogP contribution in [0.25, 0.3) is 0 Å². The Kier molecular flexibility index (Phi) is 2.66. The van der Waals surface area contributed by atoms with Gasteiger partial charge in [0, 0.05) is 11.5 Å². The first-order valence-corrected chi connectivity index (χ1v) is 9.24. The van der Waals surface area contributed by atoms with Crippen LogP contribution >= 0.6 is 0 Å². The molecule has 2 amide bonds. The minimum absolute atomic E-state index is 0.00997. The van der Waals surface area contributed by atoms with Crippen LogP contribution in [0.15, 0.2) is 0 Å². The highest BCUT2D eigenvalue weighted by Crippen LogP contribution is 2.63. The Balaban J connectivity index is 1.51. The topological polar surface area (TPSA) is 69.6 Å². The molecule has 0 aromatic heterocycles. The van der Waals surface area contributed by atoms with Crippen molar-refractivity contribution in [2.75, 3.05) is 0 Å². The fourth-order valence-electron chi connectivity index (χ4n) is 6.68. The molecule has 6 aliphatic rings. The second-order valence-corrected chi connectivity index (χ2v) is 9.14. The van der Waals surface area contributed by atoms with Crippen molar-refractivity contribution in [3.05, 3.63) is 0 Å². The summed E-state index contributed by atoms with van der Waals surface area (Å²) in [6.45, 7) is 1.84. The zero-order valence-corrected chi connectivity index (χ0v) is 13.8. The maximum absolute atomic E-state index is 13.2. The highest BCUT2D eigenvalue weighted by molar-refractivity contribution is 5.97. The molecule has 5 heteroatoms. The summed E-state index contributed by atoms with van der Waals surface area (Å²) in [5.41, 5.74) is -0.804. The number of nitrogens with zero attached hydrogens (tertiary/aromatic N) is 1. The van der Waals surface area contributed by atoms with E-state index >= 15 is 0 Å². The lowest BCUT2D eigenvalue weighted by Crippen LogP contribution is -2.71. The van der Waals surface area contributed by atoms with Crippen molar-refractivity contribution in [1.82, 2.24) is 10.2 Å². The number of amides is 2. The molecule has 0 spiro atoms. The van der Waals surface area contributed by atoms with Crippen LogP contribution in [-0.4, -0.2) is 45.5 Å². The molecular weight excluding hydrogens is 292 g/mol. The minimum Gasteiger partial charge on any atom is -0.390 e. The molecule has 1 saturated heterocycles. The number of piperazine rings is 1. The van der Waals surface area contributed by atoms with Gasteiger partial charge in [-0.2, -0.15) is 0 Å². The maximum atomic E-state index is 13.2. The lowest BCUT2D eigenvalue weighted by molar-refractivity contribution is -0.186. The third-order valence-corrected chi connectivity index (χ3v) is 7.21. The molecule has 6 rings (SSSR count). The second kappa shape index (κ2) is 4.29. The molecule has 2 N–H and O–H groups in total. The molecule has 23 heavy (non-hydrogen) atoms. The van der Waals surface area contributed by atoms with Crippen molar-refractivity contribution >= 4 is 11.8 Å². The zero-order valence-electron chi connectivity index (χ0n) is 13.8. The Labute approximate surface area is 136 Å². The van der Waals surface area contributed by atoms with E-state index in [0.717, 1.165) is 38.5 Å². The van der Waals surface area contributed by atoms with E-state index in [1.165, 1.54) is 6.42 Å². The molecule has 0 aromatic carbocycles. The highest BCUT2D eigenvalue weighted by atomic mass is 16.3. The second-order valence-electron chi connectivity index (χ2n) is 9.14. The number of nitrogens with one attached hydrogen (secondary N) is 1. The standard InChI is InChI=1S/C18H26N2O3/c1-10-15(21)19-14(16(22)20(10)13-2-3-13)17-5-11-4-12(6-17)8-18(23,7-11)9-17/h10-14,23H,2-9H2,1H3,(H,19,21)/t10?,11?,12?,14-,17?,18?/m1/s1. The summed E-state index contributed by atoms with van der Waals surface area (Å²) in [5.74, 6) is 1.16. The van der Waals surface area contributed by atoms with Crippen molar-refractivity contribution in [1.29, 1.82) is 0 Å². The van der Waals surface area contributed by atoms with E-state index in [-0.39, 0.29) is 29.3 Å². The average Bonchev–Trinajstić information content (AvgIpc) is 3.25. The quantitative estimate of drug-likeness (QED) is 0.804. The van der Waals surface area contributed by atoms with Gasteiger partial charge >= 0.3 is 0 Å². The van der Waals surface area contributed by atoms with Crippen LogP contribution in [0.3, 0.4) is 0 Å². The molecule has 1 aliphatic heterocycles. The van der Waals surface area contributed by atoms with E-state index in [1.54, 1.807) is 0 Å². The van der Waals surface area contributed by atoms with Gasteiger partial charge in [-0.05, 0) is 70.1 Å². The molecule has 5 nitrogen and oxygen atoms in total. The van der Waals surface area contributed by atoms with E-state index in [4.69, 9.17) is 0 Å². The Morgan fingerprint density at radius 2 is 1.78 bits per heavy atom. The summed E-state index contributed by atoms with van der Waals surface area (Å²) >= 11 is 0. The SMILES string of the molecule is CC1C(=O)N[C@@H](C23CC4CC(CC(O)(C4)C2)C3)C(=O)N1C1CC1. The predicted octanol–water partition coefficient (Wildman–Crippen LogP) is 1.20. The maximum Gasteiger partial charge on any atom is 0.246 e. The third-order valence-electron chi connectivity index (χ3n) is 7.21. The molecule has 1 heterocycles. The lowest BCUT2D eigenvalue weighted by atomic mass is 9.46. The smallest absolute Gasteiger partial charge is 0.246 e. The average molecular weight is 318 g/mol. The monoisotopic (exact) mass is 318 g/mol. The normalized spacial score (nSPS) is 52.0. The van der Waals surface area contributed by atoms with Crippen molar-refractivity contribution in [3.63, 3.8) is 0 Å². The van der Waals surface area contributed by atoms with Crippen molar-refractivity contribution in [2.45, 2.75) is 82.0 Å². The van der Waals surface area contributed by atoms with Crippen molar-refractivity contribution in [3.8, 4) is 0 Å². The van der Waals surface area contributed by atoms with Crippen LogP contribution in [-0.2, 0) is 9.59 Å². The molecule has 0 radical (unpaired) electrons. The van der Waals surface area contributed by atoms with Crippen LogP contribution in [0.2, 0.25) is 0 Å². The van der Waals surface area contributed by atoms with Gasteiger partial charge < -0.3 is 15.3 Å². The molecule has 5 saturated carbocycles. The summed E-state index contributed by atoms with van der Waals surface area (Å²) in [5, 5.41) is 14.0. The summed E-state index contributed by atoms with van der Waals surface area (Å²) in [4.78, 5) is 27.6. The Hall–Kier alpha value is -1.10. The molecule has 0 aromatic rings. The largest absolute Gasteiger partial charge is 0.390 e. The van der Waals surface area contributed by atoms with Gasteiger partial charge in [0.05, 0.1) is 5.60 Å². The lowest BCUT2D eigenvalue weighted by Gasteiger charge is -2.62. The van der Waals surface area contributed by atoms with Gasteiger partial charge in [-0.25, -0.2) is 0 Å². The predicted molar refractivity (Wildman–Crippen MR) is 83.3 cm³/mol. The van der Waals surface area contributed by atoms with Gasteiger partial charge in [0.2, 0.25) is 11.8 Å². The van der Waals surface area contributed by atoms with Crippen LogP contribution < -0.4 is 5.32 Å². The molecule has 4 atom stereocenters. The van der Waals surface area contributed by atoms with Gasteiger partial charge in [-0.15, -0.1) is 0 Å². The number of rotatable bonds is 2. The minimum atomic E-state index is -0.595. The van der Waals surface area contributed by atoms with E-state index in [9.17, 15) is 14.7 Å². The number of hydrogen-bond acceptors (Lipinski definition) is 3. The Bertz CT molecular complexity index is 571. The van der Waals surface area contributed by atoms with E-state index in [2.05, 4.69) is 5.32 Å². The number of hydrogen-bond donors (Lipinski definition) is 2. The van der Waals surface area contributed by atoms with Crippen molar-refractivity contribution < 1.29 is 14.7 Å². The first-order valence-electron chi connectivity index (χ1n) is 9.24. The molecule has 3 unspecified atom stereocenters. The summed E-state index contributed by atoms with van der Waals surface area (Å²) in [6, 6.07) is -0.490. The number of carbonyl (C=O) groups is 2. The number of aliphatic hydroxyl groups is 1. The van der Waals surface area contributed by atoms with Gasteiger partial charge in [-0.1, -0.05) is 0 Å². The summed E-state index contributed by atoms with van der Waals surface area (Å²) in [6.07, 6.45) is 7.71. The van der Waals surface area contributed by atoms with Crippen LogP contribution in [0.1, 0.15) is 58.3 Å². The first-order chi connectivity index (χ1) is 10.9. The summed E-state index contributed by atoms with van der Waals surface area (Å²) < 4.78 is 0. The Morgan fingerprint density at radius 3 is 2.35 bits per heavy atom. The van der Waals surface area contributed by atoms with Gasteiger partial charge in [-0.3, -0.25) is 9.59 Å². The highest BCUT2D eigenvalue weighted by Gasteiger charge is 2.63. The fraction of sp³-hybridized carbons (Fsp3) is 0.889. The number of carbonyl (C=O) groups excluding carboxylic acids is 2. The molecule has 4 bridgehead atoms. The molecule has 5 aliphatic carbocycles.